The van der Waals surface area contributed by atoms with Crippen LogP contribution in [0.2, 0.25) is 0 Å². The van der Waals surface area contributed by atoms with E-state index in [1.807, 2.05) is 6.26 Å². The van der Waals surface area contributed by atoms with Crippen LogP contribution < -0.4 is 4.72 Å². The molecule has 1 heterocycles. The van der Waals surface area contributed by atoms with Gasteiger partial charge >= 0.3 is 0 Å². The third-order valence-electron chi connectivity index (χ3n) is 1.25. The van der Waals surface area contributed by atoms with Crippen LogP contribution in [0.25, 0.3) is 0 Å². The van der Waals surface area contributed by atoms with Crippen LogP contribution >= 0.6 is 11.8 Å². The summed E-state index contributed by atoms with van der Waals surface area (Å²) in [5.41, 5.74) is 0.486. The smallest absolute Gasteiger partial charge is 0.229 e. The van der Waals surface area contributed by atoms with Crippen molar-refractivity contribution >= 4 is 27.5 Å². The Kier molecular flexibility index (Phi) is 3.16. The minimum Gasteiger partial charge on any atom is -0.282 e. The maximum Gasteiger partial charge on any atom is 0.229 e. The standard InChI is InChI=1S/C7H10N2O2S2/c1-12-7-4-3-6(5-8-7)9-13(2,10)11/h3-5,9H,1-2H3. The van der Waals surface area contributed by atoms with Gasteiger partial charge in [-0.2, -0.15) is 0 Å². The highest BCUT2D eigenvalue weighted by molar-refractivity contribution is 7.98. The molecule has 0 saturated heterocycles. The van der Waals surface area contributed by atoms with Crippen molar-refractivity contribution < 1.29 is 8.42 Å². The molecule has 0 radical (unpaired) electrons. The molecule has 0 fully saturated rings. The summed E-state index contributed by atoms with van der Waals surface area (Å²) in [6.45, 7) is 0. The molecule has 0 bridgehead atoms. The van der Waals surface area contributed by atoms with Crippen LogP contribution in [-0.2, 0) is 10.0 Å². The lowest BCUT2D eigenvalue weighted by Gasteiger charge is -2.02. The van der Waals surface area contributed by atoms with E-state index in [0.29, 0.717) is 5.69 Å². The number of hydrogen-bond donors (Lipinski definition) is 1. The molecule has 1 aromatic heterocycles. The van der Waals surface area contributed by atoms with E-state index < -0.39 is 10.0 Å². The summed E-state index contributed by atoms with van der Waals surface area (Å²) < 4.78 is 24.0. The molecule has 0 amide bonds. The van der Waals surface area contributed by atoms with Crippen LogP contribution in [0.15, 0.2) is 23.4 Å². The Bertz CT molecular complexity index is 372. The molecule has 0 aliphatic rings. The van der Waals surface area contributed by atoms with Gasteiger partial charge in [-0.1, -0.05) is 0 Å². The normalized spacial score (nSPS) is 11.2. The fourth-order valence-corrected chi connectivity index (χ4v) is 1.69. The molecular weight excluding hydrogens is 208 g/mol. The van der Waals surface area contributed by atoms with Gasteiger partial charge in [-0.05, 0) is 18.4 Å². The van der Waals surface area contributed by atoms with Gasteiger partial charge in [-0.25, -0.2) is 13.4 Å². The summed E-state index contributed by atoms with van der Waals surface area (Å²) in [4.78, 5) is 4.02. The maximum absolute atomic E-state index is 10.8. The van der Waals surface area contributed by atoms with E-state index in [0.717, 1.165) is 11.3 Å². The molecule has 1 N–H and O–H groups in total. The van der Waals surface area contributed by atoms with Gasteiger partial charge in [-0.3, -0.25) is 4.72 Å². The molecule has 1 aromatic rings. The van der Waals surface area contributed by atoms with E-state index in [2.05, 4.69) is 9.71 Å². The van der Waals surface area contributed by atoms with Crippen LogP contribution in [0.3, 0.4) is 0 Å². The molecule has 0 aromatic carbocycles. The van der Waals surface area contributed by atoms with Crippen LogP contribution in [0.5, 0.6) is 0 Å². The molecule has 13 heavy (non-hydrogen) atoms. The van der Waals surface area contributed by atoms with Gasteiger partial charge in [0.1, 0.15) is 0 Å². The number of anilines is 1. The number of pyridine rings is 1. The highest BCUT2D eigenvalue weighted by atomic mass is 32.2. The molecule has 0 spiro atoms. The molecule has 0 aliphatic heterocycles. The molecular formula is C7H10N2O2S2. The number of nitrogens with zero attached hydrogens (tertiary/aromatic N) is 1. The second-order valence-electron chi connectivity index (χ2n) is 2.46. The van der Waals surface area contributed by atoms with Crippen molar-refractivity contribution in [3.05, 3.63) is 18.3 Å². The first kappa shape index (κ1) is 10.3. The average Bonchev–Trinajstić information content (AvgIpc) is 2.03. The summed E-state index contributed by atoms with van der Waals surface area (Å²) >= 11 is 1.51. The van der Waals surface area contributed by atoms with Gasteiger partial charge in [0.05, 0.1) is 23.2 Å². The zero-order valence-electron chi connectivity index (χ0n) is 7.31. The Morgan fingerprint density at radius 1 is 1.46 bits per heavy atom. The SMILES string of the molecule is CSc1ccc(NS(C)(=O)=O)cn1. The lowest BCUT2D eigenvalue weighted by Crippen LogP contribution is -2.09. The van der Waals surface area contributed by atoms with Crippen molar-refractivity contribution in [2.45, 2.75) is 5.03 Å². The molecule has 72 valence electrons. The fourth-order valence-electron chi connectivity index (χ4n) is 0.775. The van der Waals surface area contributed by atoms with Gasteiger partial charge < -0.3 is 0 Å². The number of hydrogen-bond acceptors (Lipinski definition) is 4. The number of rotatable bonds is 3. The van der Waals surface area contributed by atoms with Gasteiger partial charge in [0.25, 0.3) is 0 Å². The monoisotopic (exact) mass is 218 g/mol. The summed E-state index contributed by atoms with van der Waals surface area (Å²) in [6, 6.07) is 3.44. The van der Waals surface area contributed by atoms with Crippen molar-refractivity contribution in [1.29, 1.82) is 0 Å². The van der Waals surface area contributed by atoms with Crippen molar-refractivity contribution in [2.75, 3.05) is 17.2 Å². The fraction of sp³-hybridized carbons (Fsp3) is 0.286. The quantitative estimate of drug-likeness (QED) is 0.774. The van der Waals surface area contributed by atoms with Gasteiger partial charge in [0, 0.05) is 0 Å². The highest BCUT2D eigenvalue weighted by Gasteiger charge is 2.01. The summed E-state index contributed by atoms with van der Waals surface area (Å²) in [5.74, 6) is 0. The Labute approximate surface area is 81.8 Å². The molecule has 0 unspecified atom stereocenters. The lowest BCUT2D eigenvalue weighted by molar-refractivity contribution is 0.607. The minimum absolute atomic E-state index is 0.486. The predicted octanol–water partition coefficient (Wildman–Crippen LogP) is 1.18. The van der Waals surface area contributed by atoms with E-state index in [-0.39, 0.29) is 0 Å². The average molecular weight is 218 g/mol. The van der Waals surface area contributed by atoms with Crippen LogP contribution in [0.1, 0.15) is 0 Å². The third kappa shape index (κ3) is 3.65. The van der Waals surface area contributed by atoms with E-state index in [4.69, 9.17) is 0 Å². The van der Waals surface area contributed by atoms with Gasteiger partial charge in [-0.15, -0.1) is 11.8 Å². The summed E-state index contributed by atoms with van der Waals surface area (Å²) in [5, 5.41) is 0.860. The molecule has 0 aliphatic carbocycles. The number of nitrogens with one attached hydrogen (secondary N) is 1. The Morgan fingerprint density at radius 2 is 2.15 bits per heavy atom. The van der Waals surface area contributed by atoms with Crippen molar-refractivity contribution in [3.63, 3.8) is 0 Å². The number of thioether (sulfide) groups is 1. The maximum atomic E-state index is 10.8. The zero-order valence-corrected chi connectivity index (χ0v) is 8.95. The first-order valence-electron chi connectivity index (χ1n) is 3.49. The first-order chi connectivity index (χ1) is 6.01. The molecule has 6 heteroatoms. The summed E-state index contributed by atoms with van der Waals surface area (Å²) in [7, 11) is -3.19. The van der Waals surface area contributed by atoms with Crippen LogP contribution in [0.4, 0.5) is 5.69 Å². The largest absolute Gasteiger partial charge is 0.282 e. The second-order valence-corrected chi connectivity index (χ2v) is 5.04. The Hall–Kier alpha value is -0.750. The first-order valence-corrected chi connectivity index (χ1v) is 6.61. The minimum atomic E-state index is -3.19. The topological polar surface area (TPSA) is 59.1 Å². The van der Waals surface area contributed by atoms with Crippen LogP contribution in [0, 0.1) is 0 Å². The Morgan fingerprint density at radius 3 is 2.54 bits per heavy atom. The predicted molar refractivity (Wildman–Crippen MR) is 54.5 cm³/mol. The molecule has 4 nitrogen and oxygen atoms in total. The highest BCUT2D eigenvalue weighted by Crippen LogP contribution is 2.14. The zero-order chi connectivity index (χ0) is 9.90. The van der Waals surface area contributed by atoms with Crippen molar-refractivity contribution in [2.24, 2.45) is 0 Å². The van der Waals surface area contributed by atoms with E-state index in [1.165, 1.54) is 18.0 Å². The van der Waals surface area contributed by atoms with Gasteiger partial charge in [0.2, 0.25) is 10.0 Å². The molecule has 0 atom stereocenters. The van der Waals surface area contributed by atoms with Crippen LogP contribution in [-0.4, -0.2) is 25.9 Å². The van der Waals surface area contributed by atoms with Crippen molar-refractivity contribution in [1.82, 2.24) is 4.98 Å². The van der Waals surface area contributed by atoms with E-state index in [1.54, 1.807) is 12.1 Å². The third-order valence-corrected chi connectivity index (χ3v) is 2.51. The molecule has 1 rings (SSSR count). The lowest BCUT2D eigenvalue weighted by atomic mass is 10.4. The van der Waals surface area contributed by atoms with E-state index >= 15 is 0 Å². The second kappa shape index (κ2) is 3.97. The van der Waals surface area contributed by atoms with Crippen molar-refractivity contribution in [3.8, 4) is 0 Å². The van der Waals surface area contributed by atoms with Gasteiger partial charge in [0.15, 0.2) is 0 Å². The van der Waals surface area contributed by atoms with E-state index in [9.17, 15) is 8.42 Å². The number of sulfonamides is 1. The molecule has 0 saturated carbocycles. The summed E-state index contributed by atoms with van der Waals surface area (Å²) in [6.07, 6.45) is 4.51. The Balaban J connectivity index is 2.81. The number of aromatic nitrogens is 1.